The van der Waals surface area contributed by atoms with Gasteiger partial charge in [0.25, 0.3) is 0 Å². The van der Waals surface area contributed by atoms with Crippen LogP contribution in [0.2, 0.25) is 0 Å². The van der Waals surface area contributed by atoms with Crippen LogP contribution < -0.4 is 0 Å². The number of hydrogen-bond acceptors (Lipinski definition) is 4. The van der Waals surface area contributed by atoms with Crippen LogP contribution in [0.25, 0.3) is 6.08 Å². The smallest absolute Gasteiger partial charge is 0.330 e. The SMILES string of the molecule is O=C(/C=C/c1ccccc1)OCCOCCO. The Kier molecular flexibility index (Phi) is 6.70. The average molecular weight is 236 g/mol. The van der Waals surface area contributed by atoms with Crippen molar-refractivity contribution in [3.05, 3.63) is 42.0 Å². The molecule has 0 aliphatic rings. The number of hydrogen-bond donors (Lipinski definition) is 1. The van der Waals surface area contributed by atoms with Gasteiger partial charge in [0.2, 0.25) is 0 Å². The van der Waals surface area contributed by atoms with E-state index in [1.54, 1.807) is 6.08 Å². The van der Waals surface area contributed by atoms with E-state index in [0.29, 0.717) is 6.61 Å². The van der Waals surface area contributed by atoms with Gasteiger partial charge in [-0.1, -0.05) is 30.3 Å². The predicted molar refractivity (Wildman–Crippen MR) is 64.3 cm³/mol. The van der Waals surface area contributed by atoms with Gasteiger partial charge >= 0.3 is 5.97 Å². The van der Waals surface area contributed by atoms with Crippen molar-refractivity contribution in [1.82, 2.24) is 0 Å². The monoisotopic (exact) mass is 236 g/mol. The summed E-state index contributed by atoms with van der Waals surface area (Å²) in [6.45, 7) is 0.725. The van der Waals surface area contributed by atoms with Crippen molar-refractivity contribution >= 4 is 12.0 Å². The third-order valence-electron chi connectivity index (χ3n) is 1.92. The highest BCUT2D eigenvalue weighted by atomic mass is 16.6. The minimum Gasteiger partial charge on any atom is -0.460 e. The van der Waals surface area contributed by atoms with Crippen LogP contribution in [-0.2, 0) is 14.3 Å². The molecule has 0 heterocycles. The molecular formula is C13H16O4. The maximum Gasteiger partial charge on any atom is 0.330 e. The van der Waals surface area contributed by atoms with Gasteiger partial charge in [0.1, 0.15) is 6.61 Å². The van der Waals surface area contributed by atoms with Crippen LogP contribution in [0.3, 0.4) is 0 Å². The molecule has 0 spiro atoms. The van der Waals surface area contributed by atoms with Crippen molar-refractivity contribution in [2.24, 2.45) is 0 Å². The zero-order chi connectivity index (χ0) is 12.3. The first-order valence-electron chi connectivity index (χ1n) is 5.41. The molecule has 1 aromatic carbocycles. The second kappa shape index (κ2) is 8.50. The largest absolute Gasteiger partial charge is 0.460 e. The normalized spacial score (nSPS) is 10.6. The van der Waals surface area contributed by atoms with Gasteiger partial charge in [0, 0.05) is 6.08 Å². The molecule has 92 valence electrons. The number of aliphatic hydroxyl groups is 1. The van der Waals surface area contributed by atoms with Gasteiger partial charge < -0.3 is 14.6 Å². The minimum atomic E-state index is -0.401. The third kappa shape index (κ3) is 6.50. The number of esters is 1. The summed E-state index contributed by atoms with van der Waals surface area (Å²) in [5, 5.41) is 8.44. The molecular weight excluding hydrogens is 220 g/mol. The number of rotatable bonds is 7. The highest BCUT2D eigenvalue weighted by Gasteiger charge is 1.96. The van der Waals surface area contributed by atoms with Crippen molar-refractivity contribution in [3.8, 4) is 0 Å². The van der Waals surface area contributed by atoms with E-state index in [2.05, 4.69) is 0 Å². The van der Waals surface area contributed by atoms with Crippen LogP contribution in [-0.4, -0.2) is 37.5 Å². The lowest BCUT2D eigenvalue weighted by Crippen LogP contribution is -2.10. The lowest BCUT2D eigenvalue weighted by Gasteiger charge is -2.02. The molecule has 0 bridgehead atoms. The average Bonchev–Trinajstić information content (AvgIpc) is 2.37. The molecule has 0 aliphatic heterocycles. The van der Waals surface area contributed by atoms with E-state index in [1.165, 1.54) is 6.08 Å². The molecule has 4 heteroatoms. The summed E-state index contributed by atoms with van der Waals surface area (Å²) in [6, 6.07) is 9.50. The van der Waals surface area contributed by atoms with Gasteiger partial charge in [0.15, 0.2) is 0 Å². The molecule has 17 heavy (non-hydrogen) atoms. The van der Waals surface area contributed by atoms with Crippen molar-refractivity contribution < 1.29 is 19.4 Å². The molecule has 0 atom stereocenters. The topological polar surface area (TPSA) is 55.8 Å². The first-order valence-corrected chi connectivity index (χ1v) is 5.41. The van der Waals surface area contributed by atoms with E-state index in [-0.39, 0.29) is 19.8 Å². The summed E-state index contributed by atoms with van der Waals surface area (Å²) in [5.41, 5.74) is 0.945. The Morgan fingerprint density at radius 1 is 1.18 bits per heavy atom. The fraction of sp³-hybridized carbons (Fsp3) is 0.308. The number of carbonyl (C=O) groups is 1. The molecule has 0 aliphatic carbocycles. The van der Waals surface area contributed by atoms with Crippen LogP contribution in [0.4, 0.5) is 0 Å². The summed E-state index contributed by atoms with van der Waals surface area (Å²) in [6.07, 6.45) is 3.07. The molecule has 1 rings (SSSR count). The van der Waals surface area contributed by atoms with E-state index < -0.39 is 5.97 Å². The molecule has 0 amide bonds. The molecule has 0 unspecified atom stereocenters. The number of carbonyl (C=O) groups excluding carboxylic acids is 1. The summed E-state index contributed by atoms with van der Waals surface area (Å²) < 4.78 is 9.82. The highest BCUT2D eigenvalue weighted by molar-refractivity contribution is 5.86. The fourth-order valence-electron chi connectivity index (χ4n) is 1.14. The predicted octanol–water partition coefficient (Wildman–Crippen LogP) is 1.25. The van der Waals surface area contributed by atoms with Crippen LogP contribution in [0.5, 0.6) is 0 Å². The van der Waals surface area contributed by atoms with Crippen LogP contribution >= 0.6 is 0 Å². The number of ether oxygens (including phenoxy) is 2. The molecule has 0 fully saturated rings. The highest BCUT2D eigenvalue weighted by Crippen LogP contribution is 2.00. The maximum absolute atomic E-state index is 11.2. The molecule has 4 nitrogen and oxygen atoms in total. The molecule has 0 saturated heterocycles. The number of aliphatic hydroxyl groups excluding tert-OH is 1. The number of benzene rings is 1. The summed E-state index contributed by atoms with van der Waals surface area (Å²) >= 11 is 0. The zero-order valence-corrected chi connectivity index (χ0v) is 9.54. The van der Waals surface area contributed by atoms with E-state index in [9.17, 15) is 4.79 Å². The molecule has 0 aromatic heterocycles. The second-order valence-electron chi connectivity index (χ2n) is 3.25. The van der Waals surface area contributed by atoms with Crippen LogP contribution in [0.15, 0.2) is 36.4 Å². The van der Waals surface area contributed by atoms with E-state index in [4.69, 9.17) is 14.6 Å². The maximum atomic E-state index is 11.2. The van der Waals surface area contributed by atoms with Gasteiger partial charge in [-0.25, -0.2) is 4.79 Å². The van der Waals surface area contributed by atoms with Gasteiger partial charge in [0.05, 0.1) is 19.8 Å². The lowest BCUT2D eigenvalue weighted by molar-refractivity contribution is -0.139. The van der Waals surface area contributed by atoms with E-state index in [0.717, 1.165) is 5.56 Å². The van der Waals surface area contributed by atoms with Crippen molar-refractivity contribution in [2.45, 2.75) is 0 Å². The van der Waals surface area contributed by atoms with Gasteiger partial charge in [-0.05, 0) is 11.6 Å². The van der Waals surface area contributed by atoms with Gasteiger partial charge in [-0.15, -0.1) is 0 Å². The third-order valence-corrected chi connectivity index (χ3v) is 1.92. The Morgan fingerprint density at radius 2 is 1.94 bits per heavy atom. The Labute approximate surface area is 100 Å². The second-order valence-corrected chi connectivity index (χ2v) is 3.25. The molecule has 1 N–H and O–H groups in total. The van der Waals surface area contributed by atoms with Crippen LogP contribution in [0.1, 0.15) is 5.56 Å². The Hall–Kier alpha value is -1.65. The van der Waals surface area contributed by atoms with E-state index in [1.807, 2.05) is 30.3 Å². The minimum absolute atomic E-state index is 0.0259. The summed E-state index contributed by atoms with van der Waals surface area (Å²) in [5.74, 6) is -0.401. The van der Waals surface area contributed by atoms with Gasteiger partial charge in [-0.3, -0.25) is 0 Å². The first-order chi connectivity index (χ1) is 8.33. The zero-order valence-electron chi connectivity index (χ0n) is 9.54. The Morgan fingerprint density at radius 3 is 2.65 bits per heavy atom. The first kappa shape index (κ1) is 13.4. The van der Waals surface area contributed by atoms with Crippen LogP contribution in [0, 0.1) is 0 Å². The standard InChI is InChI=1S/C13H16O4/c14-8-9-16-10-11-17-13(15)7-6-12-4-2-1-3-5-12/h1-7,14H,8-11H2/b7-6+. The van der Waals surface area contributed by atoms with Crippen molar-refractivity contribution in [2.75, 3.05) is 26.4 Å². The summed E-state index contributed by atoms with van der Waals surface area (Å²) in [7, 11) is 0. The Bertz CT molecular complexity index is 346. The lowest BCUT2D eigenvalue weighted by atomic mass is 10.2. The fourth-order valence-corrected chi connectivity index (χ4v) is 1.14. The van der Waals surface area contributed by atoms with E-state index >= 15 is 0 Å². The molecule has 0 radical (unpaired) electrons. The quantitative estimate of drug-likeness (QED) is 0.440. The summed E-state index contributed by atoms with van der Waals surface area (Å²) in [4.78, 5) is 11.2. The Balaban J connectivity index is 2.19. The van der Waals surface area contributed by atoms with Crippen molar-refractivity contribution in [3.63, 3.8) is 0 Å². The van der Waals surface area contributed by atoms with Gasteiger partial charge in [-0.2, -0.15) is 0 Å². The molecule has 1 aromatic rings. The van der Waals surface area contributed by atoms with Crippen molar-refractivity contribution in [1.29, 1.82) is 0 Å². The molecule has 0 saturated carbocycles.